The second-order valence-corrected chi connectivity index (χ2v) is 9.39. The van der Waals surface area contributed by atoms with Gasteiger partial charge in [-0.3, -0.25) is 14.7 Å². The maximum Gasteiger partial charge on any atom is 0.317 e. The number of amides is 2. The number of para-hydroxylation sites is 1. The third-order valence-corrected chi connectivity index (χ3v) is 6.89. The summed E-state index contributed by atoms with van der Waals surface area (Å²) in [6.45, 7) is 6.27. The molecule has 2 aromatic carbocycles. The van der Waals surface area contributed by atoms with E-state index in [4.69, 9.17) is 4.98 Å². The smallest absolute Gasteiger partial charge is 0.317 e. The predicted molar refractivity (Wildman–Crippen MR) is 141 cm³/mol. The van der Waals surface area contributed by atoms with Crippen molar-refractivity contribution in [3.8, 4) is 0 Å². The van der Waals surface area contributed by atoms with Gasteiger partial charge in [0.1, 0.15) is 5.82 Å². The molecule has 0 aliphatic carbocycles. The number of benzene rings is 2. The lowest BCUT2D eigenvalue weighted by atomic mass is 10.2. The second-order valence-electron chi connectivity index (χ2n) is 9.39. The molecular formula is C27H32FN7O2. The van der Waals surface area contributed by atoms with Gasteiger partial charge in [-0.2, -0.15) is 0 Å². The number of anilines is 2. The molecule has 10 heteroatoms. The van der Waals surface area contributed by atoms with E-state index in [0.29, 0.717) is 69.7 Å². The molecular weight excluding hydrogens is 473 g/mol. The van der Waals surface area contributed by atoms with Gasteiger partial charge in [-0.15, -0.1) is 0 Å². The van der Waals surface area contributed by atoms with E-state index in [2.05, 4.69) is 20.1 Å². The van der Waals surface area contributed by atoms with E-state index in [1.807, 2.05) is 47.4 Å². The summed E-state index contributed by atoms with van der Waals surface area (Å²) in [6, 6.07) is 18.1. The highest BCUT2D eigenvalue weighted by Gasteiger charge is 2.24. The van der Waals surface area contributed by atoms with Crippen LogP contribution in [0.2, 0.25) is 0 Å². The van der Waals surface area contributed by atoms with Gasteiger partial charge in [-0.25, -0.2) is 14.2 Å². The average molecular weight is 506 g/mol. The SMILES string of the molecule is O=C(NCc1ccccc1)N1CCN(c2nc(CN3CCN(c4ccccc4F)CC3)cc(=O)[nH]2)CC1. The Bertz CT molecular complexity index is 1250. The zero-order valence-corrected chi connectivity index (χ0v) is 20.8. The van der Waals surface area contributed by atoms with Crippen molar-refractivity contribution in [3.63, 3.8) is 0 Å². The lowest BCUT2D eigenvalue weighted by Gasteiger charge is -2.36. The molecule has 5 rings (SSSR count). The number of nitrogens with zero attached hydrogens (tertiary/aromatic N) is 5. The standard InChI is InChI=1S/C27H32FN7O2/c28-23-8-4-5-9-24(23)33-12-10-32(11-13-33)20-22-18-25(36)31-26(30-22)34-14-16-35(17-15-34)27(37)29-19-21-6-2-1-3-7-21/h1-9,18H,10-17,19-20H2,(H,29,37)(H,30,31,36). The monoisotopic (exact) mass is 505 g/mol. The van der Waals surface area contributed by atoms with Crippen LogP contribution in [-0.4, -0.2) is 78.2 Å². The van der Waals surface area contributed by atoms with Gasteiger partial charge in [0.2, 0.25) is 5.95 Å². The Balaban J connectivity index is 1.13. The van der Waals surface area contributed by atoms with Crippen LogP contribution >= 0.6 is 0 Å². The Kier molecular flexibility index (Phi) is 7.65. The highest BCUT2D eigenvalue weighted by molar-refractivity contribution is 5.74. The summed E-state index contributed by atoms with van der Waals surface area (Å²) >= 11 is 0. The quantitative estimate of drug-likeness (QED) is 0.535. The molecule has 3 aromatic rings. The van der Waals surface area contributed by atoms with Gasteiger partial charge < -0.3 is 20.0 Å². The maximum absolute atomic E-state index is 14.1. The van der Waals surface area contributed by atoms with Crippen LogP contribution < -0.4 is 20.7 Å². The van der Waals surface area contributed by atoms with Gasteiger partial charge >= 0.3 is 6.03 Å². The van der Waals surface area contributed by atoms with Crippen LogP contribution in [0.1, 0.15) is 11.3 Å². The highest BCUT2D eigenvalue weighted by Crippen LogP contribution is 2.21. The first-order valence-electron chi connectivity index (χ1n) is 12.7. The fraction of sp³-hybridized carbons (Fsp3) is 0.370. The van der Waals surface area contributed by atoms with Crippen LogP contribution in [0.4, 0.5) is 20.8 Å². The van der Waals surface area contributed by atoms with Crippen molar-refractivity contribution in [1.29, 1.82) is 0 Å². The highest BCUT2D eigenvalue weighted by atomic mass is 19.1. The number of H-pyrrole nitrogens is 1. The van der Waals surface area contributed by atoms with Crippen molar-refractivity contribution in [2.24, 2.45) is 0 Å². The summed E-state index contributed by atoms with van der Waals surface area (Å²) in [4.78, 5) is 40.6. The van der Waals surface area contributed by atoms with Crippen LogP contribution in [-0.2, 0) is 13.1 Å². The van der Waals surface area contributed by atoms with Crippen molar-refractivity contribution in [2.45, 2.75) is 13.1 Å². The predicted octanol–water partition coefficient (Wildman–Crippen LogP) is 2.26. The Morgan fingerprint density at radius 2 is 1.57 bits per heavy atom. The van der Waals surface area contributed by atoms with Crippen molar-refractivity contribution < 1.29 is 9.18 Å². The molecule has 0 saturated carbocycles. The molecule has 9 nitrogen and oxygen atoms in total. The zero-order chi connectivity index (χ0) is 25.6. The fourth-order valence-corrected chi connectivity index (χ4v) is 4.82. The molecule has 0 bridgehead atoms. The van der Waals surface area contributed by atoms with Gasteiger partial charge in [0.15, 0.2) is 0 Å². The fourth-order valence-electron chi connectivity index (χ4n) is 4.82. The number of carbonyl (C=O) groups excluding carboxylic acids is 1. The minimum atomic E-state index is -0.203. The minimum absolute atomic E-state index is 0.0896. The number of hydrogen-bond acceptors (Lipinski definition) is 6. The van der Waals surface area contributed by atoms with E-state index >= 15 is 0 Å². The van der Waals surface area contributed by atoms with Crippen LogP contribution in [0.15, 0.2) is 65.5 Å². The van der Waals surface area contributed by atoms with Gasteiger partial charge in [-0.1, -0.05) is 42.5 Å². The van der Waals surface area contributed by atoms with Gasteiger partial charge in [0, 0.05) is 71.5 Å². The molecule has 2 fully saturated rings. The number of hydrogen-bond donors (Lipinski definition) is 2. The van der Waals surface area contributed by atoms with Crippen molar-refractivity contribution >= 4 is 17.7 Å². The normalized spacial score (nSPS) is 16.6. The summed E-state index contributed by atoms with van der Waals surface area (Å²) < 4.78 is 14.1. The van der Waals surface area contributed by atoms with Crippen LogP contribution in [0.3, 0.4) is 0 Å². The number of rotatable bonds is 6. The molecule has 0 spiro atoms. The molecule has 0 unspecified atom stereocenters. The maximum atomic E-state index is 14.1. The largest absolute Gasteiger partial charge is 0.367 e. The first-order chi connectivity index (χ1) is 18.0. The zero-order valence-electron chi connectivity index (χ0n) is 20.8. The number of carbonyl (C=O) groups is 1. The molecule has 2 amide bonds. The third-order valence-electron chi connectivity index (χ3n) is 6.89. The van der Waals surface area contributed by atoms with Gasteiger partial charge in [0.05, 0.1) is 11.4 Å². The molecule has 0 atom stereocenters. The van der Waals surface area contributed by atoms with E-state index < -0.39 is 0 Å². The van der Waals surface area contributed by atoms with Gasteiger partial charge in [-0.05, 0) is 17.7 Å². The average Bonchev–Trinajstić information content (AvgIpc) is 2.93. The van der Waals surface area contributed by atoms with E-state index in [1.165, 1.54) is 6.07 Å². The van der Waals surface area contributed by atoms with Crippen LogP contribution in [0.5, 0.6) is 0 Å². The van der Waals surface area contributed by atoms with Gasteiger partial charge in [0.25, 0.3) is 5.56 Å². The molecule has 0 radical (unpaired) electrons. The number of halogens is 1. The first-order valence-corrected chi connectivity index (χ1v) is 12.7. The van der Waals surface area contributed by atoms with Crippen LogP contribution in [0, 0.1) is 5.82 Å². The van der Waals surface area contributed by atoms with Crippen molar-refractivity contribution in [2.75, 3.05) is 62.2 Å². The molecule has 3 heterocycles. The molecule has 1 aromatic heterocycles. The van der Waals surface area contributed by atoms with E-state index in [0.717, 1.165) is 18.7 Å². The summed E-state index contributed by atoms with van der Waals surface area (Å²) in [6.07, 6.45) is 0. The Hall–Kier alpha value is -3.92. The van der Waals surface area contributed by atoms with Crippen molar-refractivity contribution in [3.05, 3.63) is 88.1 Å². The summed E-state index contributed by atoms with van der Waals surface area (Å²) in [7, 11) is 0. The lowest BCUT2D eigenvalue weighted by molar-refractivity contribution is 0.193. The molecule has 2 aliphatic rings. The summed E-state index contributed by atoms with van der Waals surface area (Å²) in [5, 5.41) is 2.97. The Morgan fingerprint density at radius 1 is 0.892 bits per heavy atom. The number of aromatic nitrogens is 2. The molecule has 37 heavy (non-hydrogen) atoms. The molecule has 2 saturated heterocycles. The summed E-state index contributed by atoms with van der Waals surface area (Å²) in [5.41, 5.74) is 2.21. The number of piperazine rings is 2. The molecule has 2 aliphatic heterocycles. The topological polar surface area (TPSA) is 87.8 Å². The van der Waals surface area contributed by atoms with E-state index in [9.17, 15) is 14.0 Å². The minimum Gasteiger partial charge on any atom is -0.367 e. The Morgan fingerprint density at radius 3 is 2.30 bits per heavy atom. The first kappa shape index (κ1) is 24.8. The Labute approximate surface area is 215 Å². The third kappa shape index (κ3) is 6.26. The number of urea groups is 1. The molecule has 2 N–H and O–H groups in total. The van der Waals surface area contributed by atoms with E-state index in [1.54, 1.807) is 17.0 Å². The van der Waals surface area contributed by atoms with Crippen molar-refractivity contribution in [1.82, 2.24) is 25.1 Å². The summed E-state index contributed by atoms with van der Waals surface area (Å²) in [5.74, 6) is 0.336. The van der Waals surface area contributed by atoms with Crippen LogP contribution in [0.25, 0.3) is 0 Å². The lowest BCUT2D eigenvalue weighted by Crippen LogP contribution is -2.52. The van der Waals surface area contributed by atoms with E-state index in [-0.39, 0.29) is 17.4 Å². The second kappa shape index (κ2) is 11.4. The molecule has 194 valence electrons. The number of aromatic amines is 1. The number of nitrogens with one attached hydrogen (secondary N) is 2.